The van der Waals surface area contributed by atoms with E-state index in [0.29, 0.717) is 0 Å². The molecule has 2 rings (SSSR count). The van der Waals surface area contributed by atoms with Gasteiger partial charge in [-0.25, -0.2) is 4.79 Å². The van der Waals surface area contributed by atoms with Crippen molar-refractivity contribution in [3.63, 3.8) is 0 Å². The number of hydrogen-bond acceptors (Lipinski definition) is 3. The largest absolute Gasteiger partial charge is 0.479 e. The van der Waals surface area contributed by atoms with E-state index in [4.69, 9.17) is 4.74 Å². The lowest BCUT2D eigenvalue weighted by Crippen LogP contribution is -2.52. The van der Waals surface area contributed by atoms with Crippen LogP contribution in [-0.4, -0.2) is 30.3 Å². The van der Waals surface area contributed by atoms with Crippen molar-refractivity contribution in [2.24, 2.45) is 5.92 Å². The Morgan fingerprint density at radius 3 is 2.83 bits per heavy atom. The Bertz CT molecular complexity index is 448. The number of carboxylic acid groups (broad SMARTS) is 1. The fraction of sp³-hybridized carbons (Fsp3) is 0.462. The lowest BCUT2D eigenvalue weighted by Gasteiger charge is -2.31. The first kappa shape index (κ1) is 13.4. The van der Waals surface area contributed by atoms with Gasteiger partial charge in [-0.15, -0.1) is 0 Å². The summed E-state index contributed by atoms with van der Waals surface area (Å²) in [7, 11) is 1.53. The maximum Gasteiger partial charge on any atom is 0.332 e. The zero-order valence-electron chi connectivity index (χ0n) is 10.1. The lowest BCUT2D eigenvalue weighted by molar-refractivity contribution is -0.145. The van der Waals surface area contributed by atoms with Crippen molar-refractivity contribution < 1.29 is 14.6 Å². The van der Waals surface area contributed by atoms with Crippen molar-refractivity contribution >= 4 is 27.6 Å². The van der Waals surface area contributed by atoms with Crippen LogP contribution in [0, 0.1) is 5.92 Å². The molecule has 1 aliphatic carbocycles. The number of aliphatic carboxylic acids is 1. The fourth-order valence-corrected chi connectivity index (χ4v) is 2.57. The number of anilines is 1. The standard InChI is InChI=1S/C13H16BrNO3/c1-18-8-13(12(16)17,9-5-6-9)15-11-4-2-3-10(14)7-11/h2-4,7,9,15H,5-6,8H2,1H3,(H,16,17). The molecule has 98 valence electrons. The molecule has 1 saturated carbocycles. The smallest absolute Gasteiger partial charge is 0.332 e. The van der Waals surface area contributed by atoms with Gasteiger partial charge in [0.1, 0.15) is 0 Å². The van der Waals surface area contributed by atoms with Crippen LogP contribution in [0.1, 0.15) is 12.8 Å². The Morgan fingerprint density at radius 1 is 1.61 bits per heavy atom. The summed E-state index contributed by atoms with van der Waals surface area (Å²) in [5.41, 5.74) is -0.231. The summed E-state index contributed by atoms with van der Waals surface area (Å²) in [6.07, 6.45) is 1.85. The number of nitrogens with one attached hydrogen (secondary N) is 1. The third-order valence-electron chi connectivity index (χ3n) is 3.22. The average Bonchev–Trinajstić information content (AvgIpc) is 3.12. The number of carbonyl (C=O) groups is 1. The van der Waals surface area contributed by atoms with Crippen LogP contribution in [0.25, 0.3) is 0 Å². The predicted octanol–water partition coefficient (Wildman–Crippen LogP) is 2.74. The minimum atomic E-state index is -1.02. The van der Waals surface area contributed by atoms with Gasteiger partial charge < -0.3 is 15.2 Å². The van der Waals surface area contributed by atoms with Crippen molar-refractivity contribution in [2.45, 2.75) is 18.4 Å². The third-order valence-corrected chi connectivity index (χ3v) is 3.71. The molecular formula is C13H16BrNO3. The van der Waals surface area contributed by atoms with E-state index in [0.717, 1.165) is 23.0 Å². The summed E-state index contributed by atoms with van der Waals surface area (Å²) in [6.45, 7) is 0.166. The van der Waals surface area contributed by atoms with Gasteiger partial charge in [-0.2, -0.15) is 0 Å². The number of rotatable bonds is 6. The highest BCUT2D eigenvalue weighted by atomic mass is 79.9. The molecule has 1 fully saturated rings. The maximum atomic E-state index is 11.6. The van der Waals surface area contributed by atoms with Crippen molar-refractivity contribution in [3.8, 4) is 0 Å². The Hall–Kier alpha value is -1.07. The van der Waals surface area contributed by atoms with Crippen LogP contribution in [-0.2, 0) is 9.53 Å². The Morgan fingerprint density at radius 2 is 2.33 bits per heavy atom. The molecule has 1 atom stereocenters. The molecule has 2 N–H and O–H groups in total. The zero-order chi connectivity index (χ0) is 13.2. The van der Waals surface area contributed by atoms with Crippen LogP contribution in [0.5, 0.6) is 0 Å². The van der Waals surface area contributed by atoms with Gasteiger partial charge in [-0.3, -0.25) is 0 Å². The maximum absolute atomic E-state index is 11.6. The number of methoxy groups -OCH3 is 1. The van der Waals surface area contributed by atoms with Gasteiger partial charge in [0.25, 0.3) is 0 Å². The van der Waals surface area contributed by atoms with Gasteiger partial charge in [-0.1, -0.05) is 22.0 Å². The summed E-state index contributed by atoms with van der Waals surface area (Å²) in [5.74, 6) is -0.722. The molecule has 4 nitrogen and oxygen atoms in total. The molecule has 18 heavy (non-hydrogen) atoms. The number of halogens is 1. The fourth-order valence-electron chi connectivity index (χ4n) is 2.17. The van der Waals surface area contributed by atoms with Crippen LogP contribution < -0.4 is 5.32 Å². The van der Waals surface area contributed by atoms with Gasteiger partial charge in [0.05, 0.1) is 6.61 Å². The van der Waals surface area contributed by atoms with E-state index in [1.165, 1.54) is 7.11 Å². The molecular weight excluding hydrogens is 298 g/mol. The van der Waals surface area contributed by atoms with Crippen molar-refractivity contribution in [1.82, 2.24) is 0 Å². The first-order valence-corrected chi connectivity index (χ1v) is 6.64. The normalized spacial score (nSPS) is 18.1. The number of hydrogen-bond donors (Lipinski definition) is 2. The van der Waals surface area contributed by atoms with E-state index in [9.17, 15) is 9.90 Å². The monoisotopic (exact) mass is 313 g/mol. The van der Waals surface area contributed by atoms with E-state index in [2.05, 4.69) is 21.2 Å². The summed E-state index contributed by atoms with van der Waals surface area (Å²) < 4.78 is 6.03. The average molecular weight is 314 g/mol. The molecule has 0 bridgehead atoms. The molecule has 1 aliphatic rings. The van der Waals surface area contributed by atoms with Gasteiger partial charge in [0, 0.05) is 17.3 Å². The quantitative estimate of drug-likeness (QED) is 0.848. The molecule has 1 aromatic rings. The van der Waals surface area contributed by atoms with Gasteiger partial charge in [0.15, 0.2) is 5.54 Å². The topological polar surface area (TPSA) is 58.6 Å². The van der Waals surface area contributed by atoms with Gasteiger partial charge in [0.2, 0.25) is 0 Å². The summed E-state index contributed by atoms with van der Waals surface area (Å²) in [5, 5.41) is 12.7. The second kappa shape index (κ2) is 5.28. The van der Waals surface area contributed by atoms with Crippen LogP contribution in [0.4, 0.5) is 5.69 Å². The minimum absolute atomic E-state index is 0.133. The molecule has 1 aromatic carbocycles. The van der Waals surface area contributed by atoms with E-state index >= 15 is 0 Å². The first-order chi connectivity index (χ1) is 8.58. The Kier molecular flexibility index (Phi) is 3.92. The number of ether oxygens (including phenoxy) is 1. The SMILES string of the molecule is COCC(Nc1cccc(Br)c1)(C(=O)O)C1CC1. The number of benzene rings is 1. The van der Waals surface area contributed by atoms with E-state index in [1.54, 1.807) is 0 Å². The molecule has 0 heterocycles. The summed E-state index contributed by atoms with van der Waals surface area (Å²) in [4.78, 5) is 11.6. The van der Waals surface area contributed by atoms with Crippen LogP contribution in [0.2, 0.25) is 0 Å². The predicted molar refractivity (Wildman–Crippen MR) is 72.7 cm³/mol. The van der Waals surface area contributed by atoms with Crippen molar-refractivity contribution in [3.05, 3.63) is 28.7 Å². The van der Waals surface area contributed by atoms with E-state index in [-0.39, 0.29) is 12.5 Å². The molecule has 0 aliphatic heterocycles. The number of carboxylic acids is 1. The second-order valence-electron chi connectivity index (χ2n) is 4.62. The molecule has 0 spiro atoms. The summed E-state index contributed by atoms with van der Waals surface area (Å²) in [6, 6.07) is 7.51. The van der Waals surface area contributed by atoms with Crippen LogP contribution >= 0.6 is 15.9 Å². The van der Waals surface area contributed by atoms with E-state index < -0.39 is 11.5 Å². The highest BCUT2D eigenvalue weighted by Crippen LogP contribution is 2.42. The molecule has 5 heteroatoms. The molecule has 0 saturated heterocycles. The zero-order valence-corrected chi connectivity index (χ0v) is 11.7. The summed E-state index contributed by atoms with van der Waals surface area (Å²) >= 11 is 3.38. The molecule has 0 radical (unpaired) electrons. The van der Waals surface area contributed by atoms with Crippen molar-refractivity contribution in [1.29, 1.82) is 0 Å². The van der Waals surface area contributed by atoms with Gasteiger partial charge >= 0.3 is 5.97 Å². The van der Waals surface area contributed by atoms with Gasteiger partial charge in [-0.05, 0) is 37.0 Å². The minimum Gasteiger partial charge on any atom is -0.479 e. The highest BCUT2D eigenvalue weighted by Gasteiger charge is 2.51. The van der Waals surface area contributed by atoms with E-state index in [1.807, 2.05) is 24.3 Å². The van der Waals surface area contributed by atoms with Crippen molar-refractivity contribution in [2.75, 3.05) is 19.0 Å². The van der Waals surface area contributed by atoms with Crippen LogP contribution in [0.15, 0.2) is 28.7 Å². The first-order valence-electron chi connectivity index (χ1n) is 5.84. The molecule has 1 unspecified atom stereocenters. The third kappa shape index (κ3) is 2.67. The lowest BCUT2D eigenvalue weighted by atomic mass is 9.93. The Balaban J connectivity index is 2.26. The molecule has 0 amide bonds. The van der Waals surface area contributed by atoms with Crippen LogP contribution in [0.3, 0.4) is 0 Å². The molecule has 0 aromatic heterocycles. The second-order valence-corrected chi connectivity index (χ2v) is 5.53. The Labute approximate surface area is 114 Å². The highest BCUT2D eigenvalue weighted by molar-refractivity contribution is 9.10.